The largest absolute Gasteiger partial charge is 0.454 e. The van der Waals surface area contributed by atoms with Gasteiger partial charge in [0.2, 0.25) is 0 Å². The summed E-state index contributed by atoms with van der Waals surface area (Å²) in [4.78, 5) is 0. The van der Waals surface area contributed by atoms with Gasteiger partial charge in [-0.15, -0.1) is 0 Å². The predicted molar refractivity (Wildman–Crippen MR) is 79.9 cm³/mol. The first-order valence-corrected chi connectivity index (χ1v) is 6.27. The molecule has 0 atom stereocenters. The first kappa shape index (κ1) is 14.3. The van der Waals surface area contributed by atoms with Gasteiger partial charge in [0.15, 0.2) is 11.6 Å². The molecule has 0 aliphatic rings. The minimum Gasteiger partial charge on any atom is -0.454 e. The Morgan fingerprint density at radius 2 is 1.85 bits per heavy atom. The van der Waals surface area contributed by atoms with Crippen LogP contribution in [0.25, 0.3) is 0 Å². The Kier molecular flexibility index (Phi) is 4.22. The predicted octanol–water partition coefficient (Wildman–Crippen LogP) is 3.46. The number of nitrogens with two attached hydrogens (primary N) is 2. The van der Waals surface area contributed by atoms with Crippen molar-refractivity contribution in [3.63, 3.8) is 0 Å². The lowest BCUT2D eigenvalue weighted by atomic mass is 10.2. The van der Waals surface area contributed by atoms with E-state index in [0.29, 0.717) is 32.8 Å². The number of nitrogen functional groups attached to an aromatic ring is 1. The van der Waals surface area contributed by atoms with Crippen molar-refractivity contribution >= 4 is 34.7 Å². The molecule has 104 valence electrons. The lowest BCUT2D eigenvalue weighted by Gasteiger charge is -2.11. The fourth-order valence-electron chi connectivity index (χ4n) is 1.52. The molecule has 0 saturated carbocycles. The van der Waals surface area contributed by atoms with Crippen LogP contribution in [0.1, 0.15) is 5.56 Å². The van der Waals surface area contributed by atoms with Gasteiger partial charge in [0.05, 0.1) is 10.7 Å². The summed E-state index contributed by atoms with van der Waals surface area (Å²) in [6.45, 7) is 0. The van der Waals surface area contributed by atoms with Gasteiger partial charge in [0, 0.05) is 16.7 Å². The summed E-state index contributed by atoms with van der Waals surface area (Å²) >= 11 is 12.0. The summed E-state index contributed by atoms with van der Waals surface area (Å²) in [6, 6.07) is 9.60. The zero-order valence-corrected chi connectivity index (χ0v) is 11.7. The second-order valence-corrected chi connectivity index (χ2v) is 4.76. The van der Waals surface area contributed by atoms with Crippen molar-refractivity contribution in [3.8, 4) is 11.5 Å². The number of nitrogens with zero attached hydrogens (tertiary/aromatic N) is 1. The molecule has 0 aromatic heterocycles. The Labute approximate surface area is 125 Å². The fraction of sp³-hybridized carbons (Fsp3) is 0. The van der Waals surface area contributed by atoms with Crippen LogP contribution in [-0.2, 0) is 0 Å². The van der Waals surface area contributed by atoms with Crippen molar-refractivity contribution in [3.05, 3.63) is 52.0 Å². The maximum absolute atomic E-state index is 8.61. The van der Waals surface area contributed by atoms with E-state index in [0.717, 1.165) is 0 Å². The molecule has 2 rings (SSSR count). The van der Waals surface area contributed by atoms with Gasteiger partial charge in [0.25, 0.3) is 0 Å². The second kappa shape index (κ2) is 5.90. The standard InChI is InChI=1S/C13H11Cl2N3O2/c14-8-2-3-10(16)12(6-8)20-11-4-1-7(5-9(11)15)13(17)18-19/h1-6,19H,16H2,(H2,17,18). The number of halogens is 2. The van der Waals surface area contributed by atoms with Crippen molar-refractivity contribution in [2.24, 2.45) is 10.9 Å². The molecule has 0 saturated heterocycles. The molecule has 0 spiro atoms. The third-order valence-electron chi connectivity index (χ3n) is 2.53. The van der Waals surface area contributed by atoms with Crippen LogP contribution in [-0.4, -0.2) is 11.0 Å². The van der Waals surface area contributed by atoms with Crippen LogP contribution in [0.2, 0.25) is 10.0 Å². The van der Waals surface area contributed by atoms with E-state index in [2.05, 4.69) is 5.16 Å². The second-order valence-electron chi connectivity index (χ2n) is 3.91. The summed E-state index contributed by atoms with van der Waals surface area (Å²) in [5.41, 5.74) is 12.2. The molecule has 0 aliphatic heterocycles. The SMILES string of the molecule is N/C(=N\O)c1ccc(Oc2cc(Cl)ccc2N)c(Cl)c1. The number of oxime groups is 1. The Bertz CT molecular complexity index is 675. The van der Waals surface area contributed by atoms with E-state index in [1.165, 1.54) is 6.07 Å². The van der Waals surface area contributed by atoms with Gasteiger partial charge in [-0.1, -0.05) is 28.4 Å². The van der Waals surface area contributed by atoms with E-state index in [-0.39, 0.29) is 5.84 Å². The Morgan fingerprint density at radius 3 is 2.50 bits per heavy atom. The zero-order valence-electron chi connectivity index (χ0n) is 10.2. The van der Waals surface area contributed by atoms with Crippen LogP contribution in [0.4, 0.5) is 5.69 Å². The van der Waals surface area contributed by atoms with Gasteiger partial charge in [-0.05, 0) is 30.3 Å². The van der Waals surface area contributed by atoms with Gasteiger partial charge < -0.3 is 21.4 Å². The number of amidine groups is 1. The molecular formula is C13H11Cl2N3O2. The zero-order chi connectivity index (χ0) is 14.7. The van der Waals surface area contributed by atoms with E-state index >= 15 is 0 Å². The van der Waals surface area contributed by atoms with Crippen LogP contribution in [0, 0.1) is 0 Å². The van der Waals surface area contributed by atoms with Crippen molar-refractivity contribution in [1.29, 1.82) is 0 Å². The highest BCUT2D eigenvalue weighted by Gasteiger charge is 2.09. The van der Waals surface area contributed by atoms with Gasteiger partial charge in [0.1, 0.15) is 5.75 Å². The Morgan fingerprint density at radius 1 is 1.10 bits per heavy atom. The maximum Gasteiger partial charge on any atom is 0.170 e. The smallest absolute Gasteiger partial charge is 0.170 e. The lowest BCUT2D eigenvalue weighted by Crippen LogP contribution is -2.12. The van der Waals surface area contributed by atoms with Crippen molar-refractivity contribution in [2.75, 3.05) is 5.73 Å². The van der Waals surface area contributed by atoms with Crippen LogP contribution in [0.5, 0.6) is 11.5 Å². The molecule has 5 nitrogen and oxygen atoms in total. The molecule has 0 fully saturated rings. The first-order valence-electron chi connectivity index (χ1n) is 5.51. The molecule has 0 amide bonds. The van der Waals surface area contributed by atoms with Crippen LogP contribution >= 0.6 is 23.2 Å². The van der Waals surface area contributed by atoms with E-state index in [9.17, 15) is 0 Å². The first-order chi connectivity index (χ1) is 9.51. The molecule has 0 radical (unpaired) electrons. The number of hydrogen-bond acceptors (Lipinski definition) is 4. The number of rotatable bonds is 3. The number of benzene rings is 2. The van der Waals surface area contributed by atoms with Crippen molar-refractivity contribution in [1.82, 2.24) is 0 Å². The lowest BCUT2D eigenvalue weighted by molar-refractivity contribution is 0.318. The van der Waals surface area contributed by atoms with E-state index in [1.54, 1.807) is 30.3 Å². The minimum atomic E-state index is -0.0410. The molecule has 2 aromatic rings. The highest BCUT2D eigenvalue weighted by molar-refractivity contribution is 6.32. The summed E-state index contributed by atoms with van der Waals surface area (Å²) in [5, 5.41) is 12.3. The van der Waals surface area contributed by atoms with E-state index in [4.69, 9.17) is 44.6 Å². The molecule has 20 heavy (non-hydrogen) atoms. The summed E-state index contributed by atoms with van der Waals surface area (Å²) in [7, 11) is 0. The summed E-state index contributed by atoms with van der Waals surface area (Å²) in [5.74, 6) is 0.742. The van der Waals surface area contributed by atoms with E-state index < -0.39 is 0 Å². The molecule has 0 bridgehead atoms. The molecule has 0 unspecified atom stereocenters. The Hall–Kier alpha value is -2.11. The number of ether oxygens (including phenoxy) is 1. The topological polar surface area (TPSA) is 93.9 Å². The van der Waals surface area contributed by atoms with Crippen LogP contribution in [0.15, 0.2) is 41.6 Å². The maximum atomic E-state index is 8.61. The third-order valence-corrected chi connectivity index (χ3v) is 3.06. The monoisotopic (exact) mass is 311 g/mol. The molecule has 7 heteroatoms. The molecular weight excluding hydrogens is 301 g/mol. The quantitative estimate of drug-likeness (QED) is 0.266. The number of anilines is 1. The van der Waals surface area contributed by atoms with Gasteiger partial charge >= 0.3 is 0 Å². The highest BCUT2D eigenvalue weighted by Crippen LogP contribution is 2.34. The average Bonchev–Trinajstić information content (AvgIpc) is 2.44. The molecule has 5 N–H and O–H groups in total. The average molecular weight is 312 g/mol. The third kappa shape index (κ3) is 3.07. The van der Waals surface area contributed by atoms with Crippen molar-refractivity contribution in [2.45, 2.75) is 0 Å². The van der Waals surface area contributed by atoms with Crippen molar-refractivity contribution < 1.29 is 9.94 Å². The van der Waals surface area contributed by atoms with Crippen LogP contribution < -0.4 is 16.2 Å². The molecule has 0 aliphatic carbocycles. The summed E-state index contributed by atoms with van der Waals surface area (Å²) < 4.78 is 5.60. The number of hydrogen-bond donors (Lipinski definition) is 3. The fourth-order valence-corrected chi connectivity index (χ4v) is 1.90. The van der Waals surface area contributed by atoms with E-state index in [1.807, 2.05) is 0 Å². The van der Waals surface area contributed by atoms with Gasteiger partial charge in [-0.2, -0.15) is 0 Å². The minimum absolute atomic E-state index is 0.0410. The normalized spacial score (nSPS) is 11.4. The van der Waals surface area contributed by atoms with Gasteiger partial charge in [-0.25, -0.2) is 0 Å². The van der Waals surface area contributed by atoms with Gasteiger partial charge in [-0.3, -0.25) is 0 Å². The summed E-state index contributed by atoms with van der Waals surface area (Å²) in [6.07, 6.45) is 0. The Balaban J connectivity index is 2.33. The molecule has 0 heterocycles. The van der Waals surface area contributed by atoms with Crippen LogP contribution in [0.3, 0.4) is 0 Å². The molecule has 2 aromatic carbocycles. The highest BCUT2D eigenvalue weighted by atomic mass is 35.5.